The number of aryl methyl sites for hydroxylation is 1. The predicted molar refractivity (Wildman–Crippen MR) is 128 cm³/mol. The van der Waals surface area contributed by atoms with Gasteiger partial charge in [-0.15, -0.1) is 0 Å². The molecule has 4 aromatic rings. The Kier molecular flexibility index (Phi) is 6.30. The van der Waals surface area contributed by atoms with Crippen molar-refractivity contribution in [1.82, 2.24) is 14.5 Å². The lowest BCUT2D eigenvalue weighted by atomic mass is 10.1. The molecular weight excluding hydrogens is 420 g/mol. The monoisotopic (exact) mass is 446 g/mol. The summed E-state index contributed by atoms with van der Waals surface area (Å²) in [7, 11) is 3.16. The SMILES string of the molecule is COc1cc2ncn(-c3ccc(C(N)=O)c(NCCCc4cccc(N)c4)n3)c2cc1OC. The maximum Gasteiger partial charge on any atom is 0.252 e. The number of rotatable bonds is 9. The number of benzene rings is 2. The summed E-state index contributed by atoms with van der Waals surface area (Å²) >= 11 is 0. The predicted octanol–water partition coefficient (Wildman–Crippen LogP) is 3.16. The van der Waals surface area contributed by atoms with Crippen molar-refractivity contribution >= 4 is 28.4 Å². The number of nitrogens with zero attached hydrogens (tertiary/aromatic N) is 3. The number of ether oxygens (including phenoxy) is 2. The van der Waals surface area contributed by atoms with Crippen LogP contribution in [0, 0.1) is 0 Å². The van der Waals surface area contributed by atoms with Crippen LogP contribution in [0.4, 0.5) is 11.5 Å². The number of carbonyl (C=O) groups excluding carboxylic acids is 1. The highest BCUT2D eigenvalue weighted by molar-refractivity contribution is 5.97. The van der Waals surface area contributed by atoms with Crippen LogP contribution >= 0.6 is 0 Å². The maximum absolute atomic E-state index is 12.0. The number of carbonyl (C=O) groups is 1. The second-order valence-corrected chi connectivity index (χ2v) is 7.52. The van der Waals surface area contributed by atoms with Gasteiger partial charge in [0, 0.05) is 24.4 Å². The molecule has 5 N–H and O–H groups in total. The number of pyridine rings is 1. The van der Waals surface area contributed by atoms with E-state index in [0.29, 0.717) is 35.2 Å². The average Bonchev–Trinajstić information content (AvgIpc) is 3.23. The molecule has 0 spiro atoms. The Bertz CT molecular complexity index is 1300. The molecule has 9 nitrogen and oxygen atoms in total. The fourth-order valence-electron chi connectivity index (χ4n) is 3.68. The normalized spacial score (nSPS) is 10.8. The number of nitrogens with one attached hydrogen (secondary N) is 1. The number of primary amides is 1. The van der Waals surface area contributed by atoms with E-state index < -0.39 is 5.91 Å². The Hall–Kier alpha value is -4.27. The molecule has 0 saturated carbocycles. The van der Waals surface area contributed by atoms with Gasteiger partial charge in [-0.25, -0.2) is 9.97 Å². The lowest BCUT2D eigenvalue weighted by Gasteiger charge is -2.13. The smallest absolute Gasteiger partial charge is 0.252 e. The van der Waals surface area contributed by atoms with Crippen molar-refractivity contribution in [3.63, 3.8) is 0 Å². The van der Waals surface area contributed by atoms with Crippen LogP contribution in [0.5, 0.6) is 11.5 Å². The number of hydrogen-bond acceptors (Lipinski definition) is 7. The molecule has 0 bridgehead atoms. The first kappa shape index (κ1) is 21.9. The summed E-state index contributed by atoms with van der Waals surface area (Å²) in [5, 5.41) is 3.25. The topological polar surface area (TPSA) is 130 Å². The molecule has 0 unspecified atom stereocenters. The molecule has 0 saturated heterocycles. The van der Waals surface area contributed by atoms with Gasteiger partial charge in [0.1, 0.15) is 18.0 Å². The second-order valence-electron chi connectivity index (χ2n) is 7.52. The standard InChI is InChI=1S/C24H26N6O3/c1-32-20-12-18-19(13-21(20)33-2)30(14-28-18)22-9-8-17(23(26)31)24(29-22)27-10-4-6-15-5-3-7-16(25)11-15/h3,5,7-9,11-14H,4,6,10,25H2,1-2H3,(H2,26,31)(H,27,29). The fraction of sp³-hybridized carbons (Fsp3) is 0.208. The Labute approximate surface area is 191 Å². The van der Waals surface area contributed by atoms with Crippen molar-refractivity contribution in [3.8, 4) is 17.3 Å². The van der Waals surface area contributed by atoms with Gasteiger partial charge in [0.2, 0.25) is 0 Å². The highest BCUT2D eigenvalue weighted by atomic mass is 16.5. The molecular formula is C24H26N6O3. The minimum absolute atomic E-state index is 0.325. The molecule has 170 valence electrons. The Morgan fingerprint density at radius 2 is 1.88 bits per heavy atom. The molecule has 4 rings (SSSR count). The minimum atomic E-state index is -0.547. The first-order chi connectivity index (χ1) is 16.0. The van der Waals surface area contributed by atoms with Crippen LogP contribution in [-0.2, 0) is 6.42 Å². The van der Waals surface area contributed by atoms with Gasteiger partial charge in [0.15, 0.2) is 11.5 Å². The minimum Gasteiger partial charge on any atom is -0.493 e. The van der Waals surface area contributed by atoms with Crippen LogP contribution in [-0.4, -0.2) is 41.2 Å². The number of nitrogens with two attached hydrogens (primary N) is 2. The second kappa shape index (κ2) is 9.47. The van der Waals surface area contributed by atoms with Gasteiger partial charge in [-0.3, -0.25) is 9.36 Å². The van der Waals surface area contributed by atoms with E-state index in [1.54, 1.807) is 38.7 Å². The number of amides is 1. The summed E-state index contributed by atoms with van der Waals surface area (Å²) in [5.41, 5.74) is 15.2. The lowest BCUT2D eigenvalue weighted by molar-refractivity contribution is 0.100. The number of aromatic nitrogens is 3. The highest BCUT2D eigenvalue weighted by Crippen LogP contribution is 2.32. The first-order valence-electron chi connectivity index (χ1n) is 10.5. The maximum atomic E-state index is 12.0. The van der Waals surface area contributed by atoms with Crippen LogP contribution in [0.25, 0.3) is 16.9 Å². The Morgan fingerprint density at radius 3 is 2.61 bits per heavy atom. The number of imidazole rings is 1. The third-order valence-corrected chi connectivity index (χ3v) is 5.33. The molecule has 2 aromatic carbocycles. The number of anilines is 2. The van der Waals surface area contributed by atoms with E-state index in [-0.39, 0.29) is 0 Å². The highest BCUT2D eigenvalue weighted by Gasteiger charge is 2.15. The third kappa shape index (κ3) is 4.67. The van der Waals surface area contributed by atoms with Gasteiger partial charge in [0.25, 0.3) is 5.91 Å². The lowest BCUT2D eigenvalue weighted by Crippen LogP contribution is -2.17. The van der Waals surface area contributed by atoms with Crippen molar-refractivity contribution in [2.75, 3.05) is 31.8 Å². The van der Waals surface area contributed by atoms with E-state index in [1.807, 2.05) is 34.9 Å². The molecule has 1 amide bonds. The van der Waals surface area contributed by atoms with Crippen LogP contribution in [0.2, 0.25) is 0 Å². The number of methoxy groups -OCH3 is 2. The third-order valence-electron chi connectivity index (χ3n) is 5.33. The molecule has 0 aliphatic rings. The van der Waals surface area contributed by atoms with E-state index in [0.717, 1.165) is 35.1 Å². The summed E-state index contributed by atoms with van der Waals surface area (Å²) < 4.78 is 12.6. The van der Waals surface area contributed by atoms with Crippen LogP contribution in [0.1, 0.15) is 22.3 Å². The van der Waals surface area contributed by atoms with Gasteiger partial charge >= 0.3 is 0 Å². The molecule has 0 aliphatic heterocycles. The Balaban J connectivity index is 1.59. The van der Waals surface area contributed by atoms with E-state index in [1.165, 1.54) is 0 Å². The van der Waals surface area contributed by atoms with E-state index in [4.69, 9.17) is 20.9 Å². The van der Waals surface area contributed by atoms with Gasteiger partial charge < -0.3 is 26.3 Å². The van der Waals surface area contributed by atoms with E-state index in [9.17, 15) is 4.79 Å². The zero-order chi connectivity index (χ0) is 23.4. The quantitative estimate of drug-likeness (QED) is 0.266. The van der Waals surface area contributed by atoms with Crippen molar-refractivity contribution < 1.29 is 14.3 Å². The zero-order valence-corrected chi connectivity index (χ0v) is 18.5. The van der Waals surface area contributed by atoms with Crippen LogP contribution in [0.3, 0.4) is 0 Å². The van der Waals surface area contributed by atoms with Crippen LogP contribution in [0.15, 0.2) is 54.9 Å². The average molecular weight is 447 g/mol. The van der Waals surface area contributed by atoms with E-state index in [2.05, 4.69) is 15.3 Å². The molecule has 2 aromatic heterocycles. The Morgan fingerprint density at radius 1 is 1.09 bits per heavy atom. The fourth-order valence-corrected chi connectivity index (χ4v) is 3.68. The van der Waals surface area contributed by atoms with Crippen molar-refractivity contribution in [2.24, 2.45) is 5.73 Å². The van der Waals surface area contributed by atoms with E-state index >= 15 is 0 Å². The summed E-state index contributed by atoms with van der Waals surface area (Å²) in [5.74, 6) is 1.65. The summed E-state index contributed by atoms with van der Waals surface area (Å²) in [4.78, 5) is 21.1. The molecule has 0 radical (unpaired) electrons. The summed E-state index contributed by atoms with van der Waals surface area (Å²) in [6.45, 7) is 0.612. The first-order valence-corrected chi connectivity index (χ1v) is 10.5. The molecule has 0 fully saturated rings. The van der Waals surface area contributed by atoms with Crippen molar-refractivity contribution in [2.45, 2.75) is 12.8 Å². The van der Waals surface area contributed by atoms with Gasteiger partial charge in [-0.2, -0.15) is 0 Å². The van der Waals surface area contributed by atoms with Crippen molar-refractivity contribution in [3.05, 3.63) is 66.0 Å². The largest absolute Gasteiger partial charge is 0.493 e. The van der Waals surface area contributed by atoms with Crippen LogP contribution < -0.4 is 26.3 Å². The molecule has 2 heterocycles. The molecule has 33 heavy (non-hydrogen) atoms. The van der Waals surface area contributed by atoms with Gasteiger partial charge in [0.05, 0.1) is 30.8 Å². The number of hydrogen-bond donors (Lipinski definition) is 3. The number of nitrogen functional groups attached to an aromatic ring is 1. The van der Waals surface area contributed by atoms with Gasteiger partial charge in [-0.1, -0.05) is 12.1 Å². The number of fused-ring (bicyclic) bond motifs is 1. The summed E-state index contributed by atoms with van der Waals surface area (Å²) in [6, 6.07) is 14.8. The van der Waals surface area contributed by atoms with Gasteiger partial charge in [-0.05, 0) is 42.7 Å². The van der Waals surface area contributed by atoms with Crippen molar-refractivity contribution in [1.29, 1.82) is 0 Å². The molecule has 0 aliphatic carbocycles. The molecule has 9 heteroatoms. The summed E-state index contributed by atoms with van der Waals surface area (Å²) in [6.07, 6.45) is 3.34. The zero-order valence-electron chi connectivity index (χ0n) is 18.5. The molecule has 0 atom stereocenters.